The quantitative estimate of drug-likeness (QED) is 0.827. The first kappa shape index (κ1) is 14.7. The van der Waals surface area contributed by atoms with Crippen LogP contribution in [0.3, 0.4) is 0 Å². The van der Waals surface area contributed by atoms with E-state index in [-0.39, 0.29) is 12.0 Å². The highest BCUT2D eigenvalue weighted by Crippen LogP contribution is 2.09. The van der Waals surface area contributed by atoms with E-state index in [4.69, 9.17) is 4.74 Å². The van der Waals surface area contributed by atoms with Crippen molar-refractivity contribution in [1.29, 1.82) is 0 Å². The van der Waals surface area contributed by atoms with E-state index in [1.165, 1.54) is 0 Å². The largest absolute Gasteiger partial charge is 0.459 e. The zero-order valence-electron chi connectivity index (χ0n) is 12.1. The Morgan fingerprint density at radius 2 is 2.17 bits per heavy atom. The average Bonchev–Trinajstić information content (AvgIpc) is 2.54. The molecule has 0 bridgehead atoms. The molecule has 0 aliphatic heterocycles. The fourth-order valence-corrected chi connectivity index (χ4v) is 1.45. The highest BCUT2D eigenvalue weighted by Gasteiger charge is 2.21. The molecule has 1 aromatic heterocycles. The number of hydrogen-bond donors (Lipinski definition) is 1. The molecule has 0 saturated heterocycles. The molecule has 0 aliphatic carbocycles. The second kappa shape index (κ2) is 5.52. The Hall–Kier alpha value is -1.36. The van der Waals surface area contributed by atoms with E-state index in [1.807, 2.05) is 45.6 Å². The van der Waals surface area contributed by atoms with E-state index in [0.29, 0.717) is 6.54 Å². The van der Waals surface area contributed by atoms with E-state index in [1.54, 1.807) is 6.92 Å². The van der Waals surface area contributed by atoms with Gasteiger partial charge in [-0.05, 0) is 34.6 Å². The average molecular weight is 253 g/mol. The number of esters is 1. The number of hydrogen-bond acceptors (Lipinski definition) is 4. The number of aromatic nitrogens is 2. The van der Waals surface area contributed by atoms with Gasteiger partial charge in [-0.25, -0.2) is 0 Å². The minimum Gasteiger partial charge on any atom is -0.459 e. The maximum Gasteiger partial charge on any atom is 0.323 e. The summed E-state index contributed by atoms with van der Waals surface area (Å²) in [4.78, 5) is 11.8. The van der Waals surface area contributed by atoms with Gasteiger partial charge < -0.3 is 10.1 Å². The van der Waals surface area contributed by atoms with Crippen molar-refractivity contribution in [3.05, 3.63) is 17.5 Å². The number of ether oxygens (including phenoxy) is 1. The lowest BCUT2D eigenvalue weighted by Gasteiger charge is -2.22. The minimum atomic E-state index is -0.447. The summed E-state index contributed by atoms with van der Waals surface area (Å²) in [6.07, 6.45) is 1.81. The van der Waals surface area contributed by atoms with Crippen LogP contribution in [0, 0.1) is 6.92 Å². The first-order chi connectivity index (χ1) is 8.20. The van der Waals surface area contributed by atoms with Crippen LogP contribution >= 0.6 is 0 Å². The molecule has 1 heterocycles. The monoisotopic (exact) mass is 253 g/mol. The molecule has 0 aliphatic rings. The lowest BCUT2D eigenvalue weighted by Crippen LogP contribution is -2.38. The Morgan fingerprint density at radius 1 is 1.56 bits per heavy atom. The minimum absolute atomic E-state index is 0.232. The van der Waals surface area contributed by atoms with Gasteiger partial charge in [-0.3, -0.25) is 9.48 Å². The smallest absolute Gasteiger partial charge is 0.323 e. The zero-order chi connectivity index (χ0) is 13.9. The number of carbonyl (C=O) groups is 1. The van der Waals surface area contributed by atoms with Crippen molar-refractivity contribution in [3.8, 4) is 0 Å². The molecule has 1 atom stereocenters. The molecular weight excluding hydrogens is 230 g/mol. The summed E-state index contributed by atoms with van der Waals surface area (Å²) in [6.45, 7) is 10.0. The Labute approximate surface area is 109 Å². The van der Waals surface area contributed by atoms with E-state index >= 15 is 0 Å². The van der Waals surface area contributed by atoms with E-state index in [9.17, 15) is 4.79 Å². The molecular formula is C13H23N3O2. The Morgan fingerprint density at radius 3 is 2.61 bits per heavy atom. The molecule has 5 nitrogen and oxygen atoms in total. The Balaban J connectivity index is 2.49. The van der Waals surface area contributed by atoms with Crippen LogP contribution in [-0.2, 0) is 23.1 Å². The summed E-state index contributed by atoms with van der Waals surface area (Å²) in [5.41, 5.74) is 1.74. The summed E-state index contributed by atoms with van der Waals surface area (Å²) in [5, 5.41) is 7.31. The molecule has 102 valence electrons. The molecule has 0 spiro atoms. The second-order valence-corrected chi connectivity index (χ2v) is 5.51. The predicted octanol–water partition coefficient (Wildman–Crippen LogP) is 1.55. The van der Waals surface area contributed by atoms with Gasteiger partial charge in [-0.15, -0.1) is 0 Å². The third-order valence-corrected chi connectivity index (χ3v) is 2.70. The molecule has 1 aromatic rings. The van der Waals surface area contributed by atoms with Crippen molar-refractivity contribution in [2.24, 2.45) is 7.05 Å². The van der Waals surface area contributed by atoms with Crippen molar-refractivity contribution < 1.29 is 9.53 Å². The molecule has 0 saturated carbocycles. The van der Waals surface area contributed by atoms with Gasteiger partial charge in [-0.2, -0.15) is 5.10 Å². The lowest BCUT2D eigenvalue weighted by molar-refractivity contribution is -0.157. The Kier molecular flexibility index (Phi) is 4.51. The van der Waals surface area contributed by atoms with Crippen LogP contribution in [-0.4, -0.2) is 27.4 Å². The van der Waals surface area contributed by atoms with E-state index in [0.717, 1.165) is 11.3 Å². The lowest BCUT2D eigenvalue weighted by atomic mass is 10.2. The first-order valence-electron chi connectivity index (χ1n) is 6.14. The summed E-state index contributed by atoms with van der Waals surface area (Å²) >= 11 is 0. The van der Waals surface area contributed by atoms with Crippen molar-refractivity contribution in [3.63, 3.8) is 0 Å². The SMILES string of the molecule is Cc1c(CNC(C)C(=O)OC(C)(C)C)cnn1C. The van der Waals surface area contributed by atoms with Gasteiger partial charge in [0.05, 0.1) is 6.20 Å². The van der Waals surface area contributed by atoms with Gasteiger partial charge in [0.1, 0.15) is 11.6 Å². The maximum atomic E-state index is 11.8. The molecule has 5 heteroatoms. The van der Waals surface area contributed by atoms with Crippen LogP contribution in [0.4, 0.5) is 0 Å². The molecule has 0 aromatic carbocycles. The van der Waals surface area contributed by atoms with Crippen LogP contribution in [0.2, 0.25) is 0 Å². The molecule has 1 rings (SSSR count). The van der Waals surface area contributed by atoms with Crippen LogP contribution in [0.1, 0.15) is 39.0 Å². The van der Waals surface area contributed by atoms with Gasteiger partial charge in [0, 0.05) is 24.8 Å². The predicted molar refractivity (Wildman–Crippen MR) is 70.1 cm³/mol. The van der Waals surface area contributed by atoms with Gasteiger partial charge in [0.2, 0.25) is 0 Å². The fourth-order valence-electron chi connectivity index (χ4n) is 1.45. The van der Waals surface area contributed by atoms with Gasteiger partial charge in [-0.1, -0.05) is 0 Å². The van der Waals surface area contributed by atoms with Crippen LogP contribution in [0.25, 0.3) is 0 Å². The van der Waals surface area contributed by atoms with Crippen LogP contribution in [0.15, 0.2) is 6.20 Å². The fraction of sp³-hybridized carbons (Fsp3) is 0.692. The van der Waals surface area contributed by atoms with Crippen molar-refractivity contribution in [2.45, 2.75) is 52.8 Å². The molecule has 0 radical (unpaired) electrons. The summed E-state index contributed by atoms with van der Waals surface area (Å²) in [5.74, 6) is -0.232. The van der Waals surface area contributed by atoms with Crippen molar-refractivity contribution >= 4 is 5.97 Å². The van der Waals surface area contributed by atoms with Gasteiger partial charge in [0.25, 0.3) is 0 Å². The summed E-state index contributed by atoms with van der Waals surface area (Å²) < 4.78 is 7.12. The number of nitrogens with zero attached hydrogens (tertiary/aromatic N) is 2. The normalized spacial score (nSPS) is 13.4. The number of rotatable bonds is 4. The summed E-state index contributed by atoms with van der Waals surface area (Å²) in [7, 11) is 1.90. The molecule has 1 unspecified atom stereocenters. The highest BCUT2D eigenvalue weighted by atomic mass is 16.6. The number of aryl methyl sites for hydroxylation is 1. The van der Waals surface area contributed by atoms with Crippen molar-refractivity contribution in [2.75, 3.05) is 0 Å². The second-order valence-electron chi connectivity index (χ2n) is 5.51. The molecule has 0 amide bonds. The van der Waals surface area contributed by atoms with Gasteiger partial charge in [0.15, 0.2) is 0 Å². The number of nitrogens with one attached hydrogen (secondary N) is 1. The van der Waals surface area contributed by atoms with Crippen LogP contribution < -0.4 is 5.32 Å². The zero-order valence-corrected chi connectivity index (χ0v) is 12.1. The standard InChI is InChI=1S/C13H23N3O2/c1-9(12(17)18-13(3,4)5)14-7-11-8-15-16(6)10(11)2/h8-9,14H,7H2,1-6H3. The van der Waals surface area contributed by atoms with E-state index < -0.39 is 5.60 Å². The third kappa shape index (κ3) is 4.14. The van der Waals surface area contributed by atoms with Gasteiger partial charge >= 0.3 is 5.97 Å². The Bertz CT molecular complexity index is 418. The highest BCUT2D eigenvalue weighted by molar-refractivity contribution is 5.75. The summed E-state index contributed by atoms with van der Waals surface area (Å²) in [6, 6.07) is -0.330. The van der Waals surface area contributed by atoms with Crippen LogP contribution in [0.5, 0.6) is 0 Å². The van der Waals surface area contributed by atoms with E-state index in [2.05, 4.69) is 10.4 Å². The molecule has 18 heavy (non-hydrogen) atoms. The molecule has 0 fully saturated rings. The molecule has 1 N–H and O–H groups in total. The maximum absolute atomic E-state index is 11.8. The topological polar surface area (TPSA) is 56.1 Å². The first-order valence-corrected chi connectivity index (χ1v) is 6.14. The van der Waals surface area contributed by atoms with Crippen molar-refractivity contribution in [1.82, 2.24) is 15.1 Å². The third-order valence-electron chi connectivity index (χ3n) is 2.70. The number of carbonyl (C=O) groups excluding carboxylic acids is 1.